The van der Waals surface area contributed by atoms with Gasteiger partial charge in [0.15, 0.2) is 0 Å². The van der Waals surface area contributed by atoms with Crippen LogP contribution in [0.5, 0.6) is 0 Å². The molecule has 18 heavy (non-hydrogen) atoms. The van der Waals surface area contributed by atoms with E-state index in [4.69, 9.17) is 11.6 Å². The molecule has 1 N–H and O–H groups in total. The molecule has 1 heterocycles. The molecule has 1 fully saturated rings. The molecule has 0 saturated carbocycles. The Morgan fingerprint density at radius 3 is 2.83 bits per heavy atom. The molecule has 0 bridgehead atoms. The third-order valence-corrected chi connectivity index (χ3v) is 3.61. The van der Waals surface area contributed by atoms with Gasteiger partial charge in [0.1, 0.15) is 5.82 Å². The first-order valence-corrected chi connectivity index (χ1v) is 6.61. The average molecular weight is 269 g/mol. The van der Waals surface area contributed by atoms with Gasteiger partial charge in [-0.2, -0.15) is 0 Å². The highest BCUT2D eigenvalue weighted by Gasteiger charge is 2.24. The fourth-order valence-electron chi connectivity index (χ4n) is 2.40. The lowest BCUT2D eigenvalue weighted by Crippen LogP contribution is -2.45. The zero-order valence-electron chi connectivity index (χ0n) is 10.3. The molecule has 1 aliphatic heterocycles. The Bertz CT molecular complexity index is 416. The molecular formula is C14H18ClFN2. The molecule has 4 heteroatoms. The number of nitrogens with zero attached hydrogens (tertiary/aromatic N) is 1. The highest BCUT2D eigenvalue weighted by atomic mass is 35.5. The molecule has 1 atom stereocenters. The predicted octanol–water partition coefficient (Wildman–Crippen LogP) is 3.00. The van der Waals surface area contributed by atoms with Crippen LogP contribution >= 0.6 is 11.6 Å². The molecule has 1 saturated heterocycles. The lowest BCUT2D eigenvalue weighted by atomic mass is 10.0. The van der Waals surface area contributed by atoms with E-state index < -0.39 is 0 Å². The van der Waals surface area contributed by atoms with Crippen LogP contribution in [0, 0.1) is 5.82 Å². The zero-order valence-corrected chi connectivity index (χ0v) is 11.1. The lowest BCUT2D eigenvalue weighted by molar-refractivity contribution is 0.171. The van der Waals surface area contributed by atoms with Gasteiger partial charge in [0.2, 0.25) is 0 Å². The topological polar surface area (TPSA) is 15.3 Å². The number of halogens is 2. The second-order valence-electron chi connectivity index (χ2n) is 4.47. The van der Waals surface area contributed by atoms with Crippen LogP contribution in [0.2, 0.25) is 5.02 Å². The fourth-order valence-corrected chi connectivity index (χ4v) is 2.58. The van der Waals surface area contributed by atoms with E-state index in [1.807, 2.05) is 12.1 Å². The minimum atomic E-state index is -0.301. The smallest absolute Gasteiger partial charge is 0.146 e. The summed E-state index contributed by atoms with van der Waals surface area (Å²) in [5, 5.41) is 3.49. The summed E-state index contributed by atoms with van der Waals surface area (Å²) >= 11 is 5.87. The van der Waals surface area contributed by atoms with Crippen LogP contribution in [0.15, 0.2) is 30.9 Å². The van der Waals surface area contributed by atoms with Crippen molar-refractivity contribution in [3.05, 3.63) is 47.3 Å². The van der Waals surface area contributed by atoms with Gasteiger partial charge in [-0.05, 0) is 12.5 Å². The van der Waals surface area contributed by atoms with Crippen molar-refractivity contribution in [2.75, 3.05) is 26.2 Å². The van der Waals surface area contributed by atoms with Crippen LogP contribution in [0.1, 0.15) is 18.0 Å². The highest BCUT2D eigenvalue weighted by Crippen LogP contribution is 2.30. The van der Waals surface area contributed by atoms with Gasteiger partial charge in [0.25, 0.3) is 0 Å². The first kappa shape index (κ1) is 13.5. The number of hydrogen-bond donors (Lipinski definition) is 1. The van der Waals surface area contributed by atoms with Crippen molar-refractivity contribution in [1.29, 1.82) is 0 Å². The second-order valence-corrected chi connectivity index (χ2v) is 4.88. The Kier molecular flexibility index (Phi) is 4.75. The van der Waals surface area contributed by atoms with E-state index in [0.29, 0.717) is 5.56 Å². The molecule has 2 nitrogen and oxygen atoms in total. The summed E-state index contributed by atoms with van der Waals surface area (Å²) in [7, 11) is 0. The van der Waals surface area contributed by atoms with Crippen LogP contribution in [0.4, 0.5) is 4.39 Å². The number of hydrogen-bond acceptors (Lipinski definition) is 2. The number of piperazine rings is 1. The molecule has 0 unspecified atom stereocenters. The summed E-state index contributed by atoms with van der Waals surface area (Å²) in [4.78, 5) is 2.28. The van der Waals surface area contributed by atoms with Crippen LogP contribution in [0.25, 0.3) is 0 Å². The lowest BCUT2D eigenvalue weighted by Gasteiger charge is -2.35. The minimum absolute atomic E-state index is 0.0308. The number of benzene rings is 1. The molecule has 1 aromatic carbocycles. The molecule has 0 amide bonds. The van der Waals surface area contributed by atoms with E-state index in [0.717, 1.165) is 32.6 Å². The molecule has 0 aliphatic carbocycles. The fraction of sp³-hybridized carbons (Fsp3) is 0.429. The van der Waals surface area contributed by atoms with Crippen molar-refractivity contribution in [3.63, 3.8) is 0 Å². The maximum atomic E-state index is 14.1. The molecule has 1 aromatic rings. The molecule has 98 valence electrons. The molecule has 0 aromatic heterocycles. The van der Waals surface area contributed by atoms with Crippen LogP contribution in [-0.2, 0) is 0 Å². The molecule has 0 radical (unpaired) electrons. The van der Waals surface area contributed by atoms with E-state index in [-0.39, 0.29) is 16.9 Å². The summed E-state index contributed by atoms with van der Waals surface area (Å²) in [5.74, 6) is -0.301. The predicted molar refractivity (Wildman–Crippen MR) is 73.4 cm³/mol. The quantitative estimate of drug-likeness (QED) is 0.845. The standard InChI is InChI=1S/C14H18ClFN2/c1-2-4-13(18-9-7-17-8-10-18)11-5-3-6-12(15)14(11)16/h2-3,5-6,13,17H,1,4,7-10H2/t13-/m1/s1. The van der Waals surface area contributed by atoms with Crippen molar-refractivity contribution in [2.24, 2.45) is 0 Å². The maximum Gasteiger partial charge on any atom is 0.146 e. The maximum absolute atomic E-state index is 14.1. The van der Waals surface area contributed by atoms with E-state index in [2.05, 4.69) is 16.8 Å². The van der Waals surface area contributed by atoms with Gasteiger partial charge in [-0.15, -0.1) is 6.58 Å². The zero-order chi connectivity index (χ0) is 13.0. The number of rotatable bonds is 4. The van der Waals surface area contributed by atoms with E-state index >= 15 is 0 Å². The van der Waals surface area contributed by atoms with E-state index in [1.165, 1.54) is 0 Å². The van der Waals surface area contributed by atoms with Gasteiger partial charge in [0, 0.05) is 37.8 Å². The summed E-state index contributed by atoms with van der Waals surface area (Å²) in [6, 6.07) is 5.24. The largest absolute Gasteiger partial charge is 0.314 e. The Hall–Kier alpha value is -0.900. The summed E-state index contributed by atoms with van der Waals surface area (Å²) in [6.07, 6.45) is 2.57. The second kappa shape index (κ2) is 6.32. The SMILES string of the molecule is C=CC[C@H](c1cccc(Cl)c1F)N1CCNCC1. The molecular weight excluding hydrogens is 251 g/mol. The molecule has 0 spiro atoms. The summed E-state index contributed by atoms with van der Waals surface area (Å²) in [5.41, 5.74) is 0.671. The average Bonchev–Trinajstić information content (AvgIpc) is 2.41. The van der Waals surface area contributed by atoms with Crippen LogP contribution < -0.4 is 5.32 Å². The first-order chi connectivity index (χ1) is 8.74. The van der Waals surface area contributed by atoms with Gasteiger partial charge in [-0.1, -0.05) is 29.8 Å². The van der Waals surface area contributed by atoms with Crippen molar-refractivity contribution < 1.29 is 4.39 Å². The minimum Gasteiger partial charge on any atom is -0.314 e. The van der Waals surface area contributed by atoms with Crippen molar-refractivity contribution >= 4 is 11.6 Å². The van der Waals surface area contributed by atoms with Gasteiger partial charge in [-0.3, -0.25) is 4.90 Å². The third kappa shape index (κ3) is 2.91. The van der Waals surface area contributed by atoms with Gasteiger partial charge in [-0.25, -0.2) is 4.39 Å². The summed E-state index contributed by atoms with van der Waals surface area (Å²) < 4.78 is 14.1. The van der Waals surface area contributed by atoms with E-state index in [1.54, 1.807) is 12.1 Å². The van der Waals surface area contributed by atoms with Gasteiger partial charge >= 0.3 is 0 Å². The highest BCUT2D eigenvalue weighted by molar-refractivity contribution is 6.30. The van der Waals surface area contributed by atoms with Crippen LogP contribution in [0.3, 0.4) is 0 Å². The van der Waals surface area contributed by atoms with Crippen molar-refractivity contribution in [2.45, 2.75) is 12.5 Å². The normalized spacial score (nSPS) is 18.6. The Morgan fingerprint density at radius 1 is 1.44 bits per heavy atom. The van der Waals surface area contributed by atoms with Crippen molar-refractivity contribution in [3.8, 4) is 0 Å². The Morgan fingerprint density at radius 2 is 2.17 bits per heavy atom. The summed E-state index contributed by atoms with van der Waals surface area (Å²) in [6.45, 7) is 7.50. The monoisotopic (exact) mass is 268 g/mol. The first-order valence-electron chi connectivity index (χ1n) is 6.23. The molecule has 2 rings (SSSR count). The Labute approximate surface area is 112 Å². The van der Waals surface area contributed by atoms with Crippen LogP contribution in [-0.4, -0.2) is 31.1 Å². The van der Waals surface area contributed by atoms with E-state index in [9.17, 15) is 4.39 Å². The third-order valence-electron chi connectivity index (χ3n) is 3.32. The number of nitrogens with one attached hydrogen (secondary N) is 1. The van der Waals surface area contributed by atoms with Crippen molar-refractivity contribution in [1.82, 2.24) is 10.2 Å². The Balaban J connectivity index is 2.28. The molecule has 1 aliphatic rings. The van der Waals surface area contributed by atoms with Gasteiger partial charge in [0.05, 0.1) is 5.02 Å². The van der Waals surface area contributed by atoms with Gasteiger partial charge < -0.3 is 5.32 Å².